The molecule has 1 saturated heterocycles. The van der Waals surface area contributed by atoms with Crippen LogP contribution >= 0.6 is 11.3 Å². The molecular formula is C46H63N7O9S2. The number of benzene rings is 1. The average molecular weight is 922 g/mol. The zero-order valence-electron chi connectivity index (χ0n) is 37.9. The third-order valence-electron chi connectivity index (χ3n) is 12.1. The summed E-state index contributed by atoms with van der Waals surface area (Å²) in [5.74, 6) is -1.26. The van der Waals surface area contributed by atoms with E-state index in [-0.39, 0.29) is 18.9 Å². The third kappa shape index (κ3) is 10.9. The lowest BCUT2D eigenvalue weighted by Gasteiger charge is -2.35. The van der Waals surface area contributed by atoms with Gasteiger partial charge in [0.1, 0.15) is 46.5 Å². The standard InChI is InChI=1S/C46H63N7O9S2/c1-8-9-17-36-39(61-38-23-34(35-26-63-43(49-35)47-27(2)3)48-33-22-29(60-7)18-21-31(33)38)24-37-40(54)51-46(42(56)52-64(58,59)30-19-20-30)25-28(46)15-13-11-10-12-14-16-32(41(55)53(36)37)50-44(57)62-45(4,5)6/h13,15,18,21-23,26-28,30,32,36-37,39H,8-12,14,16-17,19-20,24-25H2,1-7H3,(H,47,49)(H,50,57)(H,51,54)(H,52,56)/b15-13-/t28?,32?,36-,37?,39+,46?/m0/s1. The molecule has 16 nitrogen and oxygen atoms in total. The van der Waals surface area contributed by atoms with Crippen LogP contribution in [0, 0.1) is 5.92 Å². The SMILES string of the molecule is CCCC[C@H]1[C@H](Oc2cc(-c3csc(NC(C)C)n3)nc3cc(OC)ccc23)CC2C(=O)NC3(C(=O)NS(=O)(=O)C4CC4)CC3/C=C\CCCCCC(NC(=O)OC(C)(C)C)C(=O)N21. The number of alkyl carbamates (subject to hydrolysis) is 1. The van der Waals surface area contributed by atoms with E-state index in [9.17, 15) is 18.0 Å². The van der Waals surface area contributed by atoms with Crippen molar-refractivity contribution in [3.05, 3.63) is 41.8 Å². The minimum Gasteiger partial charge on any atom is -0.497 e. The molecule has 4 heterocycles. The highest BCUT2D eigenvalue weighted by atomic mass is 32.2. The maximum absolute atomic E-state index is 15.3. The van der Waals surface area contributed by atoms with E-state index in [1.54, 1.807) is 32.8 Å². The Hall–Kier alpha value is -4.97. The summed E-state index contributed by atoms with van der Waals surface area (Å²) in [7, 11) is -2.35. The molecule has 0 bridgehead atoms. The number of unbranched alkanes of at least 4 members (excludes halogenated alkanes) is 1. The topological polar surface area (TPSA) is 207 Å². The number of hydrogen-bond donors (Lipinski definition) is 4. The van der Waals surface area contributed by atoms with Crippen LogP contribution in [0.5, 0.6) is 11.5 Å². The lowest BCUT2D eigenvalue weighted by Crippen LogP contribution is -2.60. The van der Waals surface area contributed by atoms with Gasteiger partial charge in [-0.2, -0.15) is 0 Å². The van der Waals surface area contributed by atoms with Gasteiger partial charge in [0, 0.05) is 41.3 Å². The van der Waals surface area contributed by atoms with Crippen LogP contribution in [0.15, 0.2) is 41.8 Å². The number of carbonyl (C=O) groups excluding carboxylic acids is 4. The first kappa shape index (κ1) is 47.0. The molecule has 4 amide bonds. The molecule has 4 aliphatic rings. The van der Waals surface area contributed by atoms with Gasteiger partial charge in [0.2, 0.25) is 21.8 Å². The monoisotopic (exact) mass is 921 g/mol. The van der Waals surface area contributed by atoms with Crippen molar-refractivity contribution >= 4 is 61.2 Å². The van der Waals surface area contributed by atoms with Gasteiger partial charge in [-0.1, -0.05) is 44.8 Å². The largest absolute Gasteiger partial charge is 0.497 e. The molecule has 4 unspecified atom stereocenters. The number of carbonyl (C=O) groups is 4. The zero-order valence-corrected chi connectivity index (χ0v) is 39.5. The molecule has 0 radical (unpaired) electrons. The highest BCUT2D eigenvalue weighted by Crippen LogP contribution is 2.47. The first-order chi connectivity index (χ1) is 30.4. The molecule has 2 aliphatic heterocycles. The van der Waals surface area contributed by atoms with Crippen LogP contribution in [0.4, 0.5) is 9.93 Å². The number of sulfonamides is 1. The van der Waals surface area contributed by atoms with E-state index in [4.69, 9.17) is 24.2 Å². The molecule has 2 saturated carbocycles. The van der Waals surface area contributed by atoms with Crippen LogP contribution in [-0.2, 0) is 29.1 Å². The molecular weight excluding hydrogens is 859 g/mol. The summed E-state index contributed by atoms with van der Waals surface area (Å²) in [6, 6.07) is 4.64. The molecule has 4 N–H and O–H groups in total. The summed E-state index contributed by atoms with van der Waals surface area (Å²) >= 11 is 1.46. The summed E-state index contributed by atoms with van der Waals surface area (Å²) < 4.78 is 46.7. The predicted molar refractivity (Wildman–Crippen MR) is 246 cm³/mol. The number of pyridine rings is 1. The number of methoxy groups -OCH3 is 1. The van der Waals surface area contributed by atoms with E-state index in [0.717, 1.165) is 24.4 Å². The highest BCUT2D eigenvalue weighted by Gasteiger charge is 2.62. The van der Waals surface area contributed by atoms with Crippen molar-refractivity contribution in [2.24, 2.45) is 5.92 Å². The van der Waals surface area contributed by atoms with Crippen molar-refractivity contribution in [2.75, 3.05) is 12.4 Å². The maximum atomic E-state index is 15.3. The Balaban J connectivity index is 1.30. The van der Waals surface area contributed by atoms with Gasteiger partial charge in [0.25, 0.3) is 5.91 Å². The van der Waals surface area contributed by atoms with Gasteiger partial charge in [0.05, 0.1) is 29.6 Å². The smallest absolute Gasteiger partial charge is 0.408 e. The van der Waals surface area contributed by atoms with Crippen LogP contribution in [0.2, 0.25) is 0 Å². The number of thiazole rings is 1. The van der Waals surface area contributed by atoms with Crippen molar-refractivity contribution in [1.29, 1.82) is 0 Å². The molecule has 3 aromatic rings. The summed E-state index contributed by atoms with van der Waals surface area (Å²) in [5, 5.41) is 11.9. The fourth-order valence-corrected chi connectivity index (χ4v) is 10.8. The van der Waals surface area contributed by atoms with E-state index in [1.807, 2.05) is 62.6 Å². The first-order valence-electron chi connectivity index (χ1n) is 22.7. The van der Waals surface area contributed by atoms with E-state index in [1.165, 1.54) is 11.3 Å². The van der Waals surface area contributed by atoms with Gasteiger partial charge in [-0.05, 0) is 91.7 Å². The quantitative estimate of drug-likeness (QED) is 0.128. The molecule has 2 aromatic heterocycles. The number of aromatic nitrogens is 2. The zero-order chi connectivity index (χ0) is 46.0. The van der Waals surface area contributed by atoms with Crippen LogP contribution < -0.4 is 30.1 Å². The number of fused-ring (bicyclic) bond motifs is 3. The lowest BCUT2D eigenvalue weighted by atomic mass is 10.0. The second kappa shape index (κ2) is 19.2. The van der Waals surface area contributed by atoms with E-state index >= 15 is 9.59 Å². The Kier molecular flexibility index (Phi) is 14.1. The van der Waals surface area contributed by atoms with Crippen LogP contribution in [0.1, 0.15) is 119 Å². The number of amides is 4. The van der Waals surface area contributed by atoms with Crippen molar-refractivity contribution in [3.63, 3.8) is 0 Å². The molecule has 3 fully saturated rings. The summed E-state index contributed by atoms with van der Waals surface area (Å²) in [6.45, 7) is 11.3. The molecule has 18 heteroatoms. The summed E-state index contributed by atoms with van der Waals surface area (Å²) in [6.07, 6.45) is 8.59. The minimum atomic E-state index is -3.93. The number of nitrogens with zero attached hydrogens (tertiary/aromatic N) is 3. The van der Waals surface area contributed by atoms with E-state index < -0.39 is 80.4 Å². The Morgan fingerprint density at radius 3 is 2.55 bits per heavy atom. The molecule has 64 heavy (non-hydrogen) atoms. The van der Waals surface area contributed by atoms with E-state index in [2.05, 4.69) is 20.7 Å². The van der Waals surface area contributed by atoms with Gasteiger partial charge < -0.3 is 35.1 Å². The fraction of sp³-hybridized carbons (Fsp3) is 0.609. The minimum absolute atomic E-state index is 0.0398. The number of rotatable bonds is 13. The molecule has 2 aliphatic carbocycles. The highest BCUT2D eigenvalue weighted by molar-refractivity contribution is 7.91. The molecule has 1 aromatic carbocycles. The second-order valence-corrected chi connectivity index (χ2v) is 21.6. The lowest BCUT2D eigenvalue weighted by molar-refractivity contribution is -0.143. The Labute approximate surface area is 380 Å². The van der Waals surface area contributed by atoms with Crippen molar-refractivity contribution < 1.29 is 41.8 Å². The molecule has 7 rings (SSSR count). The summed E-state index contributed by atoms with van der Waals surface area (Å²) in [4.78, 5) is 69.0. The predicted octanol–water partition coefficient (Wildman–Crippen LogP) is 6.99. The second-order valence-electron chi connectivity index (χ2n) is 18.8. The Bertz CT molecular complexity index is 2360. The van der Waals surface area contributed by atoms with Crippen LogP contribution in [0.3, 0.4) is 0 Å². The van der Waals surface area contributed by atoms with Crippen LogP contribution in [0.25, 0.3) is 22.3 Å². The third-order valence-corrected chi connectivity index (χ3v) is 14.7. The Morgan fingerprint density at radius 2 is 1.84 bits per heavy atom. The Morgan fingerprint density at radius 1 is 1.06 bits per heavy atom. The number of allylic oxidation sites excluding steroid dienone is 1. The normalized spacial score (nSPS) is 25.9. The number of nitrogens with one attached hydrogen (secondary N) is 4. The number of anilines is 1. The van der Waals surface area contributed by atoms with Gasteiger partial charge in [-0.25, -0.2) is 23.2 Å². The molecule has 348 valence electrons. The van der Waals surface area contributed by atoms with Crippen LogP contribution in [-0.4, -0.2) is 101 Å². The fourth-order valence-electron chi connectivity index (χ4n) is 8.62. The summed E-state index contributed by atoms with van der Waals surface area (Å²) in [5.41, 5.74) is -0.590. The van der Waals surface area contributed by atoms with Gasteiger partial charge >= 0.3 is 6.09 Å². The van der Waals surface area contributed by atoms with Crippen molar-refractivity contribution in [2.45, 2.75) is 165 Å². The first-order valence-corrected chi connectivity index (χ1v) is 25.1. The van der Waals surface area contributed by atoms with E-state index in [0.29, 0.717) is 78.7 Å². The molecule has 6 atom stereocenters. The van der Waals surface area contributed by atoms with Gasteiger partial charge in [0.15, 0.2) is 5.13 Å². The van der Waals surface area contributed by atoms with Crippen molar-refractivity contribution in [3.8, 4) is 22.9 Å². The maximum Gasteiger partial charge on any atom is 0.408 e. The van der Waals surface area contributed by atoms with Crippen molar-refractivity contribution in [1.82, 2.24) is 30.2 Å². The molecule has 0 spiro atoms. The van der Waals surface area contributed by atoms with Gasteiger partial charge in [-0.15, -0.1) is 11.3 Å². The number of hydrogen-bond acceptors (Lipinski definition) is 13. The van der Waals surface area contributed by atoms with Gasteiger partial charge in [-0.3, -0.25) is 19.1 Å². The number of ether oxygens (including phenoxy) is 3. The average Bonchev–Trinajstić information content (AvgIpc) is 4.12.